The summed E-state index contributed by atoms with van der Waals surface area (Å²) < 4.78 is 4.55. The molecule has 1 aliphatic heterocycles. The first-order chi connectivity index (χ1) is 10.2. The Kier molecular flexibility index (Phi) is 3.76. The number of carbonyl (C=O) groups is 1. The number of hydrogen-bond donors (Lipinski definition) is 1. The van der Waals surface area contributed by atoms with E-state index in [1.807, 2.05) is 0 Å². The van der Waals surface area contributed by atoms with E-state index in [0.717, 1.165) is 31.7 Å². The van der Waals surface area contributed by atoms with Gasteiger partial charge in [0.1, 0.15) is 23.5 Å². The highest BCUT2D eigenvalue weighted by Gasteiger charge is 2.17. The number of nitrogens with zero attached hydrogens (tertiary/aromatic N) is 5. The fourth-order valence-electron chi connectivity index (χ4n) is 2.28. The van der Waals surface area contributed by atoms with Gasteiger partial charge in [-0.25, -0.2) is 14.6 Å². The van der Waals surface area contributed by atoms with Crippen LogP contribution in [0.5, 0.6) is 0 Å². The standard InChI is InChI=1S/C13H16N6O2/c1-9-12(18-21-17-9)16-13(20)10-7-11(15-8-14-10)19-5-3-2-4-6-19/h7-8H,2-6H2,1H3,(H,16,18,20). The van der Waals surface area contributed by atoms with E-state index in [0.29, 0.717) is 17.2 Å². The number of hydrogen-bond acceptors (Lipinski definition) is 7. The molecule has 1 aliphatic rings. The molecule has 3 heterocycles. The summed E-state index contributed by atoms with van der Waals surface area (Å²) >= 11 is 0. The van der Waals surface area contributed by atoms with E-state index < -0.39 is 0 Å². The molecule has 0 spiro atoms. The van der Waals surface area contributed by atoms with Gasteiger partial charge in [-0.1, -0.05) is 5.16 Å². The zero-order chi connectivity index (χ0) is 14.7. The van der Waals surface area contributed by atoms with Gasteiger partial charge in [-0.15, -0.1) is 0 Å². The van der Waals surface area contributed by atoms with Crippen molar-refractivity contribution in [2.24, 2.45) is 0 Å². The highest BCUT2D eigenvalue weighted by atomic mass is 16.6. The second-order valence-electron chi connectivity index (χ2n) is 4.96. The zero-order valence-corrected chi connectivity index (χ0v) is 11.7. The Hall–Kier alpha value is -2.51. The summed E-state index contributed by atoms with van der Waals surface area (Å²) in [7, 11) is 0. The van der Waals surface area contributed by atoms with E-state index in [4.69, 9.17) is 0 Å². The summed E-state index contributed by atoms with van der Waals surface area (Å²) in [6.07, 6.45) is 4.95. The summed E-state index contributed by atoms with van der Waals surface area (Å²) in [6, 6.07) is 1.70. The van der Waals surface area contributed by atoms with Crippen LogP contribution in [0.2, 0.25) is 0 Å². The van der Waals surface area contributed by atoms with E-state index in [1.165, 1.54) is 12.7 Å². The Bertz CT molecular complexity index is 635. The van der Waals surface area contributed by atoms with Crippen LogP contribution in [0.1, 0.15) is 35.4 Å². The third-order valence-corrected chi connectivity index (χ3v) is 3.45. The molecule has 8 nitrogen and oxygen atoms in total. The molecule has 110 valence electrons. The summed E-state index contributed by atoms with van der Waals surface area (Å²) in [5.74, 6) is 0.734. The van der Waals surface area contributed by atoms with Gasteiger partial charge in [0, 0.05) is 19.2 Å². The molecule has 1 N–H and O–H groups in total. The molecule has 0 unspecified atom stereocenters. The lowest BCUT2D eigenvalue weighted by molar-refractivity contribution is 0.102. The van der Waals surface area contributed by atoms with Crippen LogP contribution in [0.3, 0.4) is 0 Å². The van der Waals surface area contributed by atoms with Crippen molar-refractivity contribution in [1.29, 1.82) is 0 Å². The lowest BCUT2D eigenvalue weighted by Gasteiger charge is -2.27. The van der Waals surface area contributed by atoms with Gasteiger partial charge in [0.25, 0.3) is 5.91 Å². The molecule has 1 amide bonds. The minimum atomic E-state index is -0.352. The first-order valence-electron chi connectivity index (χ1n) is 6.91. The molecule has 2 aromatic rings. The Morgan fingerprint density at radius 1 is 1.24 bits per heavy atom. The van der Waals surface area contributed by atoms with Crippen LogP contribution in [-0.4, -0.2) is 39.3 Å². The molecule has 0 atom stereocenters. The smallest absolute Gasteiger partial charge is 0.275 e. The average molecular weight is 288 g/mol. The van der Waals surface area contributed by atoms with E-state index >= 15 is 0 Å². The molecular formula is C13H16N6O2. The molecule has 0 bridgehead atoms. The molecule has 3 rings (SSSR count). The van der Waals surface area contributed by atoms with Gasteiger partial charge in [0.2, 0.25) is 5.82 Å². The van der Waals surface area contributed by atoms with E-state index in [9.17, 15) is 4.79 Å². The monoisotopic (exact) mass is 288 g/mol. The zero-order valence-electron chi connectivity index (χ0n) is 11.7. The van der Waals surface area contributed by atoms with Gasteiger partial charge in [0.05, 0.1) is 0 Å². The van der Waals surface area contributed by atoms with Crippen molar-refractivity contribution in [3.05, 3.63) is 23.8 Å². The Morgan fingerprint density at radius 2 is 2.05 bits per heavy atom. The van der Waals surface area contributed by atoms with Crippen LogP contribution >= 0.6 is 0 Å². The topological polar surface area (TPSA) is 97.0 Å². The van der Waals surface area contributed by atoms with E-state index in [2.05, 4.69) is 35.1 Å². The number of carbonyl (C=O) groups excluding carboxylic acids is 1. The number of amides is 1. The van der Waals surface area contributed by atoms with E-state index in [1.54, 1.807) is 13.0 Å². The van der Waals surface area contributed by atoms with Gasteiger partial charge in [-0.3, -0.25) is 4.79 Å². The third kappa shape index (κ3) is 2.99. The van der Waals surface area contributed by atoms with Crippen LogP contribution in [0, 0.1) is 6.92 Å². The number of aryl methyl sites for hydroxylation is 1. The third-order valence-electron chi connectivity index (χ3n) is 3.45. The van der Waals surface area contributed by atoms with Gasteiger partial charge >= 0.3 is 0 Å². The molecular weight excluding hydrogens is 272 g/mol. The Morgan fingerprint density at radius 3 is 2.76 bits per heavy atom. The van der Waals surface area contributed by atoms with Crippen molar-refractivity contribution in [2.45, 2.75) is 26.2 Å². The number of anilines is 2. The Labute approximate surface area is 121 Å². The average Bonchev–Trinajstić information content (AvgIpc) is 2.93. The first-order valence-corrected chi connectivity index (χ1v) is 6.91. The van der Waals surface area contributed by atoms with Crippen LogP contribution in [0.15, 0.2) is 17.0 Å². The Balaban J connectivity index is 1.76. The van der Waals surface area contributed by atoms with Gasteiger partial charge in [-0.2, -0.15) is 0 Å². The molecule has 8 heteroatoms. The maximum absolute atomic E-state index is 12.2. The molecule has 1 fully saturated rings. The van der Waals surface area contributed by atoms with Gasteiger partial charge in [0.15, 0.2) is 0 Å². The molecule has 1 saturated heterocycles. The number of aromatic nitrogens is 4. The van der Waals surface area contributed by atoms with Gasteiger partial charge < -0.3 is 10.2 Å². The fraction of sp³-hybridized carbons (Fsp3) is 0.462. The maximum Gasteiger partial charge on any atom is 0.275 e. The van der Waals surface area contributed by atoms with Crippen molar-refractivity contribution in [2.75, 3.05) is 23.3 Å². The SMILES string of the molecule is Cc1nonc1NC(=O)c1cc(N2CCCCC2)ncn1. The normalized spacial score (nSPS) is 15.0. The van der Waals surface area contributed by atoms with Crippen LogP contribution in [-0.2, 0) is 0 Å². The number of rotatable bonds is 3. The minimum Gasteiger partial charge on any atom is -0.357 e. The summed E-state index contributed by atoms with van der Waals surface area (Å²) in [5, 5.41) is 9.86. The minimum absolute atomic E-state index is 0.299. The highest BCUT2D eigenvalue weighted by molar-refractivity contribution is 6.02. The first kappa shape index (κ1) is 13.5. The molecule has 2 aromatic heterocycles. The molecule has 21 heavy (non-hydrogen) atoms. The fourth-order valence-corrected chi connectivity index (χ4v) is 2.28. The lowest BCUT2D eigenvalue weighted by Crippen LogP contribution is -2.30. The van der Waals surface area contributed by atoms with Crippen LogP contribution in [0.4, 0.5) is 11.6 Å². The molecule has 0 aromatic carbocycles. The predicted molar refractivity (Wildman–Crippen MR) is 75.1 cm³/mol. The van der Waals surface area contributed by atoms with E-state index in [-0.39, 0.29) is 5.91 Å². The quantitative estimate of drug-likeness (QED) is 0.911. The van der Waals surface area contributed by atoms with Gasteiger partial charge in [-0.05, 0) is 31.3 Å². The second-order valence-corrected chi connectivity index (χ2v) is 4.96. The molecule has 0 aliphatic carbocycles. The maximum atomic E-state index is 12.2. The summed E-state index contributed by atoms with van der Waals surface area (Å²) in [5.41, 5.74) is 0.821. The molecule has 0 radical (unpaired) electrons. The lowest BCUT2D eigenvalue weighted by atomic mass is 10.1. The largest absolute Gasteiger partial charge is 0.357 e. The highest BCUT2D eigenvalue weighted by Crippen LogP contribution is 2.18. The summed E-state index contributed by atoms with van der Waals surface area (Å²) in [4.78, 5) is 22.6. The predicted octanol–water partition coefficient (Wildman–Crippen LogP) is 1.41. The summed E-state index contributed by atoms with van der Waals surface area (Å²) in [6.45, 7) is 3.63. The van der Waals surface area contributed by atoms with Crippen molar-refractivity contribution in [1.82, 2.24) is 20.3 Å². The van der Waals surface area contributed by atoms with Crippen molar-refractivity contribution in [3.63, 3.8) is 0 Å². The van der Waals surface area contributed by atoms with Crippen LogP contribution < -0.4 is 10.2 Å². The number of piperidine rings is 1. The second kappa shape index (κ2) is 5.86. The van der Waals surface area contributed by atoms with Crippen molar-refractivity contribution < 1.29 is 9.42 Å². The van der Waals surface area contributed by atoms with Crippen molar-refractivity contribution in [3.8, 4) is 0 Å². The number of nitrogens with one attached hydrogen (secondary N) is 1. The van der Waals surface area contributed by atoms with Crippen molar-refractivity contribution >= 4 is 17.5 Å². The molecule has 0 saturated carbocycles. The van der Waals surface area contributed by atoms with Crippen LogP contribution in [0.25, 0.3) is 0 Å².